The minimum atomic E-state index is 0.572. The molecule has 0 spiro atoms. The van der Waals surface area contributed by atoms with Crippen LogP contribution in [0.4, 0.5) is 5.69 Å². The van der Waals surface area contributed by atoms with E-state index in [0.29, 0.717) is 18.0 Å². The fraction of sp³-hybridized carbons (Fsp3) is 0.182. The number of anilines is 1. The molecule has 0 aliphatic heterocycles. The van der Waals surface area contributed by atoms with E-state index in [-0.39, 0.29) is 0 Å². The van der Waals surface area contributed by atoms with Crippen molar-refractivity contribution in [3.05, 3.63) is 28.9 Å². The first-order chi connectivity index (χ1) is 7.22. The van der Waals surface area contributed by atoms with E-state index in [1.54, 1.807) is 6.20 Å². The summed E-state index contributed by atoms with van der Waals surface area (Å²) in [5.74, 6) is 0.712. The molecule has 0 bridgehead atoms. The molecule has 78 valence electrons. The standard InChI is InChI=1S/C11H11BrN2O/c1-2-15-11-8-5-7(12)3-4-10(8)14-6-9(11)13/h3-6H,2,13H2,1H3. The van der Waals surface area contributed by atoms with Crippen molar-refractivity contribution in [2.24, 2.45) is 0 Å². The SMILES string of the molecule is CCOc1c(N)cnc2ccc(Br)cc12. The summed E-state index contributed by atoms with van der Waals surface area (Å²) in [6.07, 6.45) is 1.63. The minimum Gasteiger partial charge on any atom is -0.491 e. The van der Waals surface area contributed by atoms with E-state index in [0.717, 1.165) is 15.4 Å². The van der Waals surface area contributed by atoms with Gasteiger partial charge in [-0.25, -0.2) is 0 Å². The molecule has 1 heterocycles. The second kappa shape index (κ2) is 4.06. The number of rotatable bonds is 2. The lowest BCUT2D eigenvalue weighted by molar-refractivity contribution is 0.346. The summed E-state index contributed by atoms with van der Waals surface area (Å²) in [5, 5.41) is 0.936. The van der Waals surface area contributed by atoms with Crippen LogP contribution in [0.1, 0.15) is 6.92 Å². The molecule has 0 unspecified atom stereocenters. The Bertz CT molecular complexity index is 494. The number of halogens is 1. The number of aromatic nitrogens is 1. The van der Waals surface area contributed by atoms with Crippen LogP contribution in [0.3, 0.4) is 0 Å². The van der Waals surface area contributed by atoms with Gasteiger partial charge in [0.25, 0.3) is 0 Å². The third kappa shape index (κ3) is 1.90. The molecule has 0 saturated carbocycles. The van der Waals surface area contributed by atoms with Gasteiger partial charge in [-0.3, -0.25) is 4.98 Å². The quantitative estimate of drug-likeness (QED) is 0.909. The van der Waals surface area contributed by atoms with Crippen LogP contribution in [0.5, 0.6) is 5.75 Å². The van der Waals surface area contributed by atoms with Gasteiger partial charge >= 0.3 is 0 Å². The van der Waals surface area contributed by atoms with E-state index in [2.05, 4.69) is 20.9 Å². The van der Waals surface area contributed by atoms with Gasteiger partial charge in [0.15, 0.2) is 5.75 Å². The van der Waals surface area contributed by atoms with Crippen molar-refractivity contribution in [1.82, 2.24) is 4.98 Å². The number of nitrogens with two attached hydrogens (primary N) is 1. The van der Waals surface area contributed by atoms with E-state index >= 15 is 0 Å². The van der Waals surface area contributed by atoms with Crippen LogP contribution in [-0.4, -0.2) is 11.6 Å². The first kappa shape index (κ1) is 10.2. The second-order valence-electron chi connectivity index (χ2n) is 3.14. The molecule has 1 aromatic carbocycles. The number of hydrogen-bond donors (Lipinski definition) is 1. The predicted molar refractivity (Wildman–Crippen MR) is 65.0 cm³/mol. The Morgan fingerprint density at radius 1 is 1.47 bits per heavy atom. The first-order valence-electron chi connectivity index (χ1n) is 4.69. The average Bonchev–Trinajstić information content (AvgIpc) is 2.23. The van der Waals surface area contributed by atoms with Gasteiger partial charge in [0.2, 0.25) is 0 Å². The van der Waals surface area contributed by atoms with E-state index in [1.807, 2.05) is 25.1 Å². The lowest BCUT2D eigenvalue weighted by Crippen LogP contribution is -1.98. The highest BCUT2D eigenvalue weighted by Gasteiger charge is 2.07. The summed E-state index contributed by atoms with van der Waals surface area (Å²) in [7, 11) is 0. The molecule has 0 aliphatic carbocycles. The molecule has 3 nitrogen and oxygen atoms in total. The van der Waals surface area contributed by atoms with Crippen LogP contribution >= 0.6 is 15.9 Å². The van der Waals surface area contributed by atoms with Crippen molar-refractivity contribution < 1.29 is 4.74 Å². The van der Waals surface area contributed by atoms with Crippen molar-refractivity contribution in [3.8, 4) is 5.75 Å². The summed E-state index contributed by atoms with van der Waals surface area (Å²) in [5.41, 5.74) is 7.28. The Morgan fingerprint density at radius 2 is 2.27 bits per heavy atom. The molecule has 0 radical (unpaired) electrons. The number of pyridine rings is 1. The Balaban J connectivity index is 2.72. The van der Waals surface area contributed by atoms with Gasteiger partial charge in [-0.05, 0) is 25.1 Å². The molecule has 1 aromatic heterocycles. The molecular weight excluding hydrogens is 256 g/mol. The molecule has 0 atom stereocenters. The molecule has 0 fully saturated rings. The zero-order valence-electron chi connectivity index (χ0n) is 8.33. The summed E-state index contributed by atoms with van der Waals surface area (Å²) < 4.78 is 6.51. The van der Waals surface area contributed by atoms with Crippen LogP contribution in [0, 0.1) is 0 Å². The van der Waals surface area contributed by atoms with E-state index in [4.69, 9.17) is 10.5 Å². The van der Waals surface area contributed by atoms with Gasteiger partial charge in [0.05, 0.1) is 24.0 Å². The fourth-order valence-electron chi connectivity index (χ4n) is 1.46. The fourth-order valence-corrected chi connectivity index (χ4v) is 1.82. The summed E-state index contributed by atoms with van der Waals surface area (Å²) in [4.78, 5) is 4.24. The normalized spacial score (nSPS) is 10.5. The van der Waals surface area contributed by atoms with Gasteiger partial charge in [-0.2, -0.15) is 0 Å². The van der Waals surface area contributed by atoms with Gasteiger partial charge in [-0.1, -0.05) is 15.9 Å². The van der Waals surface area contributed by atoms with Gasteiger partial charge in [0, 0.05) is 9.86 Å². The number of fused-ring (bicyclic) bond motifs is 1. The third-order valence-electron chi connectivity index (χ3n) is 2.10. The van der Waals surface area contributed by atoms with Crippen molar-refractivity contribution in [2.75, 3.05) is 12.3 Å². The van der Waals surface area contributed by atoms with Crippen molar-refractivity contribution in [3.63, 3.8) is 0 Å². The van der Waals surface area contributed by atoms with Gasteiger partial charge in [0.1, 0.15) is 0 Å². The molecule has 0 amide bonds. The molecule has 15 heavy (non-hydrogen) atoms. The molecule has 0 aliphatic rings. The van der Waals surface area contributed by atoms with Crippen LogP contribution in [-0.2, 0) is 0 Å². The van der Waals surface area contributed by atoms with Crippen molar-refractivity contribution in [1.29, 1.82) is 0 Å². The zero-order valence-corrected chi connectivity index (χ0v) is 9.91. The van der Waals surface area contributed by atoms with Crippen LogP contribution in [0.15, 0.2) is 28.9 Å². The topological polar surface area (TPSA) is 48.1 Å². The maximum absolute atomic E-state index is 5.82. The number of nitrogens with zero attached hydrogens (tertiary/aromatic N) is 1. The molecule has 2 aromatic rings. The second-order valence-corrected chi connectivity index (χ2v) is 4.05. The number of nitrogen functional groups attached to an aromatic ring is 1. The Morgan fingerprint density at radius 3 is 3.00 bits per heavy atom. The predicted octanol–water partition coefficient (Wildman–Crippen LogP) is 2.98. The molecule has 4 heteroatoms. The minimum absolute atomic E-state index is 0.572. The van der Waals surface area contributed by atoms with Crippen LogP contribution in [0.2, 0.25) is 0 Å². The smallest absolute Gasteiger partial charge is 0.153 e. The Kier molecular flexibility index (Phi) is 2.77. The first-order valence-corrected chi connectivity index (χ1v) is 5.48. The van der Waals surface area contributed by atoms with Crippen molar-refractivity contribution in [2.45, 2.75) is 6.92 Å². The third-order valence-corrected chi connectivity index (χ3v) is 2.59. The molecular formula is C11H11BrN2O. The maximum Gasteiger partial charge on any atom is 0.153 e. The van der Waals surface area contributed by atoms with Gasteiger partial charge in [-0.15, -0.1) is 0 Å². The largest absolute Gasteiger partial charge is 0.491 e. The summed E-state index contributed by atoms with van der Waals surface area (Å²) in [6.45, 7) is 2.53. The Hall–Kier alpha value is -1.29. The highest BCUT2D eigenvalue weighted by molar-refractivity contribution is 9.10. The van der Waals surface area contributed by atoms with E-state index in [1.165, 1.54) is 0 Å². The van der Waals surface area contributed by atoms with Crippen LogP contribution in [0.25, 0.3) is 10.9 Å². The number of hydrogen-bond acceptors (Lipinski definition) is 3. The van der Waals surface area contributed by atoms with Crippen LogP contribution < -0.4 is 10.5 Å². The lowest BCUT2D eigenvalue weighted by Gasteiger charge is -2.09. The van der Waals surface area contributed by atoms with E-state index < -0.39 is 0 Å². The van der Waals surface area contributed by atoms with Gasteiger partial charge < -0.3 is 10.5 Å². The maximum atomic E-state index is 5.82. The average molecular weight is 267 g/mol. The Labute approximate surface area is 96.4 Å². The molecule has 2 rings (SSSR count). The molecule has 0 saturated heterocycles. The highest BCUT2D eigenvalue weighted by atomic mass is 79.9. The van der Waals surface area contributed by atoms with Crippen molar-refractivity contribution >= 4 is 32.5 Å². The molecule has 2 N–H and O–H groups in total. The zero-order chi connectivity index (χ0) is 10.8. The number of benzene rings is 1. The number of ether oxygens (including phenoxy) is 1. The van der Waals surface area contributed by atoms with E-state index in [9.17, 15) is 0 Å². The summed E-state index contributed by atoms with van der Waals surface area (Å²) in [6, 6.07) is 5.84. The summed E-state index contributed by atoms with van der Waals surface area (Å²) >= 11 is 3.42. The lowest BCUT2D eigenvalue weighted by atomic mass is 10.2. The highest BCUT2D eigenvalue weighted by Crippen LogP contribution is 2.31. The monoisotopic (exact) mass is 266 g/mol.